The average Bonchev–Trinajstić information content (AvgIpc) is 2.52. The standard InChI is InChI=1S/C8H12O2S/c1-3-10-8(9-2)7-5-4-6-11-7/h4-6,8H,3H2,1-2H3. The smallest absolute Gasteiger partial charge is 0.192 e. The van der Waals surface area contributed by atoms with E-state index in [9.17, 15) is 0 Å². The molecule has 0 aliphatic heterocycles. The summed E-state index contributed by atoms with van der Waals surface area (Å²) >= 11 is 1.65. The topological polar surface area (TPSA) is 18.5 Å². The van der Waals surface area contributed by atoms with Crippen LogP contribution in [0.4, 0.5) is 0 Å². The minimum Gasteiger partial charge on any atom is -0.351 e. The zero-order valence-electron chi connectivity index (χ0n) is 6.74. The fourth-order valence-corrected chi connectivity index (χ4v) is 1.59. The number of ether oxygens (including phenoxy) is 2. The molecule has 1 aromatic rings. The summed E-state index contributed by atoms with van der Waals surface area (Å²) in [6.45, 7) is 2.63. The van der Waals surface area contributed by atoms with Crippen molar-refractivity contribution in [3.05, 3.63) is 22.4 Å². The maximum atomic E-state index is 5.32. The van der Waals surface area contributed by atoms with E-state index in [4.69, 9.17) is 9.47 Å². The van der Waals surface area contributed by atoms with E-state index in [-0.39, 0.29) is 6.29 Å². The van der Waals surface area contributed by atoms with Crippen LogP contribution in [-0.4, -0.2) is 13.7 Å². The molecule has 0 fully saturated rings. The second-order valence-electron chi connectivity index (χ2n) is 2.04. The first-order valence-corrected chi connectivity index (χ1v) is 4.44. The van der Waals surface area contributed by atoms with Crippen LogP contribution in [-0.2, 0) is 9.47 Å². The predicted octanol–water partition coefficient (Wildman–Crippen LogP) is 2.43. The third-order valence-electron chi connectivity index (χ3n) is 1.31. The van der Waals surface area contributed by atoms with Gasteiger partial charge in [0, 0.05) is 13.7 Å². The van der Waals surface area contributed by atoms with E-state index in [1.807, 2.05) is 24.4 Å². The molecule has 11 heavy (non-hydrogen) atoms. The van der Waals surface area contributed by atoms with E-state index in [0.717, 1.165) is 4.88 Å². The van der Waals surface area contributed by atoms with E-state index < -0.39 is 0 Å². The van der Waals surface area contributed by atoms with Crippen molar-refractivity contribution >= 4 is 11.3 Å². The van der Waals surface area contributed by atoms with Crippen LogP contribution >= 0.6 is 11.3 Å². The van der Waals surface area contributed by atoms with Gasteiger partial charge in [-0.25, -0.2) is 0 Å². The molecule has 1 heterocycles. The first-order valence-electron chi connectivity index (χ1n) is 3.56. The fourth-order valence-electron chi connectivity index (χ4n) is 0.843. The normalized spacial score (nSPS) is 13.3. The molecule has 0 bridgehead atoms. The van der Waals surface area contributed by atoms with Crippen LogP contribution < -0.4 is 0 Å². The summed E-state index contributed by atoms with van der Waals surface area (Å²) in [6, 6.07) is 4.00. The molecule has 0 N–H and O–H groups in total. The predicted molar refractivity (Wildman–Crippen MR) is 45.7 cm³/mol. The van der Waals surface area contributed by atoms with Gasteiger partial charge >= 0.3 is 0 Å². The van der Waals surface area contributed by atoms with Gasteiger partial charge in [0.2, 0.25) is 0 Å². The summed E-state index contributed by atoms with van der Waals surface area (Å²) < 4.78 is 10.4. The summed E-state index contributed by atoms with van der Waals surface area (Å²) in [7, 11) is 1.65. The van der Waals surface area contributed by atoms with E-state index in [0.29, 0.717) is 6.61 Å². The Balaban J connectivity index is 2.56. The molecular formula is C8H12O2S. The monoisotopic (exact) mass is 172 g/mol. The van der Waals surface area contributed by atoms with E-state index in [2.05, 4.69) is 0 Å². The van der Waals surface area contributed by atoms with Crippen molar-refractivity contribution in [3.63, 3.8) is 0 Å². The van der Waals surface area contributed by atoms with Gasteiger partial charge in [-0.05, 0) is 18.4 Å². The van der Waals surface area contributed by atoms with Gasteiger partial charge in [-0.3, -0.25) is 0 Å². The van der Waals surface area contributed by atoms with Crippen molar-refractivity contribution in [3.8, 4) is 0 Å². The number of methoxy groups -OCH3 is 1. The molecule has 0 radical (unpaired) electrons. The van der Waals surface area contributed by atoms with Gasteiger partial charge in [-0.15, -0.1) is 11.3 Å². The summed E-state index contributed by atoms with van der Waals surface area (Å²) in [5.41, 5.74) is 0. The molecule has 1 unspecified atom stereocenters. The maximum Gasteiger partial charge on any atom is 0.192 e. The minimum atomic E-state index is -0.181. The lowest BCUT2D eigenvalue weighted by Crippen LogP contribution is -2.03. The van der Waals surface area contributed by atoms with Crippen LogP contribution in [0.1, 0.15) is 18.1 Å². The van der Waals surface area contributed by atoms with Crippen LogP contribution in [0.3, 0.4) is 0 Å². The Morgan fingerprint density at radius 2 is 2.45 bits per heavy atom. The van der Waals surface area contributed by atoms with Crippen molar-refractivity contribution < 1.29 is 9.47 Å². The summed E-state index contributed by atoms with van der Waals surface area (Å²) in [6.07, 6.45) is -0.181. The zero-order chi connectivity index (χ0) is 8.10. The molecule has 0 amide bonds. The van der Waals surface area contributed by atoms with Crippen LogP contribution in [0.25, 0.3) is 0 Å². The average molecular weight is 172 g/mol. The van der Waals surface area contributed by atoms with Gasteiger partial charge in [-0.1, -0.05) is 6.07 Å². The van der Waals surface area contributed by atoms with Gasteiger partial charge in [0.1, 0.15) is 0 Å². The number of rotatable bonds is 4. The lowest BCUT2D eigenvalue weighted by atomic mass is 10.4. The number of hydrogen-bond acceptors (Lipinski definition) is 3. The van der Waals surface area contributed by atoms with Crippen LogP contribution in [0.2, 0.25) is 0 Å². The van der Waals surface area contributed by atoms with Crippen molar-refractivity contribution in [2.45, 2.75) is 13.2 Å². The van der Waals surface area contributed by atoms with Gasteiger partial charge in [0.15, 0.2) is 6.29 Å². The Labute approximate surface area is 70.8 Å². The second kappa shape index (κ2) is 4.49. The third-order valence-corrected chi connectivity index (χ3v) is 2.20. The largest absolute Gasteiger partial charge is 0.351 e. The van der Waals surface area contributed by atoms with Crippen molar-refractivity contribution in [1.29, 1.82) is 0 Å². The fraction of sp³-hybridized carbons (Fsp3) is 0.500. The first-order chi connectivity index (χ1) is 5.38. The molecule has 0 spiro atoms. The molecule has 0 aromatic carbocycles. The molecule has 62 valence electrons. The third kappa shape index (κ3) is 2.29. The second-order valence-corrected chi connectivity index (χ2v) is 3.02. The highest BCUT2D eigenvalue weighted by Gasteiger charge is 2.09. The SMILES string of the molecule is CCOC(OC)c1cccs1. The molecule has 0 aliphatic carbocycles. The molecular weight excluding hydrogens is 160 g/mol. The van der Waals surface area contributed by atoms with Gasteiger partial charge < -0.3 is 9.47 Å². The van der Waals surface area contributed by atoms with Gasteiger partial charge in [-0.2, -0.15) is 0 Å². The van der Waals surface area contributed by atoms with Crippen molar-refractivity contribution in [2.75, 3.05) is 13.7 Å². The van der Waals surface area contributed by atoms with Gasteiger partial charge in [0.05, 0.1) is 4.88 Å². The quantitative estimate of drug-likeness (QED) is 0.649. The zero-order valence-corrected chi connectivity index (χ0v) is 7.56. The molecule has 2 nitrogen and oxygen atoms in total. The highest BCUT2D eigenvalue weighted by Crippen LogP contribution is 2.22. The number of hydrogen-bond donors (Lipinski definition) is 0. The molecule has 1 atom stereocenters. The van der Waals surface area contributed by atoms with Gasteiger partial charge in [0.25, 0.3) is 0 Å². The Kier molecular flexibility index (Phi) is 3.56. The summed E-state index contributed by atoms with van der Waals surface area (Å²) in [5.74, 6) is 0. The molecule has 0 saturated carbocycles. The number of thiophene rings is 1. The Hall–Kier alpha value is -0.380. The first kappa shape index (κ1) is 8.71. The highest BCUT2D eigenvalue weighted by molar-refractivity contribution is 7.10. The highest BCUT2D eigenvalue weighted by atomic mass is 32.1. The molecule has 1 rings (SSSR count). The van der Waals surface area contributed by atoms with Crippen LogP contribution in [0.15, 0.2) is 17.5 Å². The lowest BCUT2D eigenvalue weighted by molar-refractivity contribution is -0.121. The molecule has 3 heteroatoms. The van der Waals surface area contributed by atoms with E-state index >= 15 is 0 Å². The minimum absolute atomic E-state index is 0.181. The Bertz CT molecular complexity index is 184. The Morgan fingerprint density at radius 1 is 1.64 bits per heavy atom. The lowest BCUT2D eigenvalue weighted by Gasteiger charge is -2.12. The van der Waals surface area contributed by atoms with Crippen LogP contribution in [0, 0.1) is 0 Å². The van der Waals surface area contributed by atoms with E-state index in [1.165, 1.54) is 0 Å². The van der Waals surface area contributed by atoms with E-state index in [1.54, 1.807) is 18.4 Å². The molecule has 1 aromatic heterocycles. The maximum absolute atomic E-state index is 5.32. The summed E-state index contributed by atoms with van der Waals surface area (Å²) in [5, 5.41) is 2.01. The molecule has 0 aliphatic rings. The van der Waals surface area contributed by atoms with Crippen LogP contribution in [0.5, 0.6) is 0 Å². The summed E-state index contributed by atoms with van der Waals surface area (Å²) in [4.78, 5) is 1.12. The van der Waals surface area contributed by atoms with Crippen molar-refractivity contribution in [1.82, 2.24) is 0 Å². The Morgan fingerprint density at radius 3 is 2.91 bits per heavy atom. The molecule has 0 saturated heterocycles. The van der Waals surface area contributed by atoms with Crippen molar-refractivity contribution in [2.24, 2.45) is 0 Å².